The molecule has 0 aromatic heterocycles. The Morgan fingerprint density at radius 1 is 1.19 bits per heavy atom. The van der Waals surface area contributed by atoms with E-state index in [-0.39, 0.29) is 13.2 Å². The highest BCUT2D eigenvalue weighted by Crippen LogP contribution is 2.16. The van der Waals surface area contributed by atoms with Gasteiger partial charge in [0, 0.05) is 0 Å². The molecule has 0 saturated heterocycles. The molecule has 21 heavy (non-hydrogen) atoms. The Morgan fingerprint density at radius 3 is 2.76 bits per heavy atom. The lowest BCUT2D eigenvalue weighted by atomic mass is 10.1. The van der Waals surface area contributed by atoms with E-state index in [1.54, 1.807) is 24.3 Å². The van der Waals surface area contributed by atoms with Crippen molar-refractivity contribution < 1.29 is 14.3 Å². The third kappa shape index (κ3) is 4.36. The maximum atomic E-state index is 11.6. The maximum Gasteiger partial charge on any atom is 0.344 e. The number of carbonyl (C=O) groups excluding carboxylic acids is 1. The summed E-state index contributed by atoms with van der Waals surface area (Å²) in [6, 6.07) is 16.5. The lowest BCUT2D eigenvalue weighted by Crippen LogP contribution is -2.15. The van der Waals surface area contributed by atoms with Gasteiger partial charge in [-0.25, -0.2) is 4.79 Å². The molecular formula is C17H15NO3. The molecule has 4 nitrogen and oxygen atoms in total. The Hall–Kier alpha value is -2.80. The number of carbonyl (C=O) groups is 1. The topological polar surface area (TPSA) is 59.3 Å². The van der Waals surface area contributed by atoms with Gasteiger partial charge in [-0.1, -0.05) is 42.0 Å². The van der Waals surface area contributed by atoms with E-state index in [4.69, 9.17) is 14.7 Å². The summed E-state index contributed by atoms with van der Waals surface area (Å²) in [7, 11) is 0. The lowest BCUT2D eigenvalue weighted by Gasteiger charge is -2.08. The zero-order chi connectivity index (χ0) is 15.1. The van der Waals surface area contributed by atoms with Gasteiger partial charge >= 0.3 is 5.97 Å². The first-order valence-corrected chi connectivity index (χ1v) is 6.52. The number of ether oxygens (including phenoxy) is 2. The van der Waals surface area contributed by atoms with Crippen LogP contribution in [0.25, 0.3) is 0 Å². The first-order valence-electron chi connectivity index (χ1n) is 6.52. The van der Waals surface area contributed by atoms with Crippen LogP contribution in [0, 0.1) is 18.3 Å². The molecule has 0 N–H and O–H groups in total. The van der Waals surface area contributed by atoms with Crippen LogP contribution < -0.4 is 4.74 Å². The number of esters is 1. The predicted molar refractivity (Wildman–Crippen MR) is 77.6 cm³/mol. The molecule has 0 aliphatic carbocycles. The van der Waals surface area contributed by atoms with Crippen molar-refractivity contribution in [3.05, 3.63) is 65.2 Å². The lowest BCUT2D eigenvalue weighted by molar-refractivity contribution is -0.147. The minimum atomic E-state index is -0.468. The Balaban J connectivity index is 1.84. The normalized spacial score (nSPS) is 9.71. The van der Waals surface area contributed by atoms with Crippen LogP contribution in [0.2, 0.25) is 0 Å². The second kappa shape index (κ2) is 7.11. The molecule has 0 fully saturated rings. The number of hydrogen-bond acceptors (Lipinski definition) is 4. The van der Waals surface area contributed by atoms with E-state index in [0.717, 1.165) is 11.1 Å². The highest BCUT2D eigenvalue weighted by molar-refractivity contribution is 5.71. The van der Waals surface area contributed by atoms with E-state index in [9.17, 15) is 4.79 Å². The zero-order valence-electron chi connectivity index (χ0n) is 11.7. The average Bonchev–Trinajstić information content (AvgIpc) is 2.51. The van der Waals surface area contributed by atoms with Gasteiger partial charge in [0.05, 0.1) is 5.56 Å². The van der Waals surface area contributed by atoms with Crippen LogP contribution in [0.5, 0.6) is 5.75 Å². The van der Waals surface area contributed by atoms with Crippen molar-refractivity contribution in [1.29, 1.82) is 5.26 Å². The molecule has 4 heteroatoms. The summed E-state index contributed by atoms with van der Waals surface area (Å²) in [5, 5.41) is 8.92. The highest BCUT2D eigenvalue weighted by atomic mass is 16.6. The first-order chi connectivity index (χ1) is 10.2. The molecule has 0 unspecified atom stereocenters. The Bertz CT molecular complexity index is 674. The summed E-state index contributed by atoms with van der Waals surface area (Å²) in [6.07, 6.45) is 0. The average molecular weight is 281 g/mol. The van der Waals surface area contributed by atoms with Gasteiger partial charge in [-0.05, 0) is 24.6 Å². The number of benzene rings is 2. The Kier molecular flexibility index (Phi) is 4.94. The second-order valence-corrected chi connectivity index (χ2v) is 4.55. The number of nitriles is 1. The molecule has 106 valence electrons. The van der Waals surface area contributed by atoms with E-state index < -0.39 is 5.97 Å². The van der Waals surface area contributed by atoms with Crippen LogP contribution >= 0.6 is 0 Å². The van der Waals surface area contributed by atoms with Gasteiger partial charge in [-0.2, -0.15) is 5.26 Å². The summed E-state index contributed by atoms with van der Waals surface area (Å²) < 4.78 is 10.4. The number of aryl methyl sites for hydroxylation is 1. The quantitative estimate of drug-likeness (QED) is 0.790. The van der Waals surface area contributed by atoms with Gasteiger partial charge in [-0.15, -0.1) is 0 Å². The fourth-order valence-corrected chi connectivity index (χ4v) is 1.83. The number of rotatable bonds is 5. The van der Waals surface area contributed by atoms with Crippen LogP contribution in [-0.4, -0.2) is 12.6 Å². The van der Waals surface area contributed by atoms with Crippen molar-refractivity contribution in [3.63, 3.8) is 0 Å². The van der Waals surface area contributed by atoms with Crippen molar-refractivity contribution in [3.8, 4) is 11.8 Å². The summed E-state index contributed by atoms with van der Waals surface area (Å²) in [4.78, 5) is 11.6. The second-order valence-electron chi connectivity index (χ2n) is 4.55. The van der Waals surface area contributed by atoms with Crippen molar-refractivity contribution in [1.82, 2.24) is 0 Å². The molecule has 2 rings (SSSR count). The van der Waals surface area contributed by atoms with Crippen LogP contribution in [0.4, 0.5) is 0 Å². The number of hydrogen-bond donors (Lipinski definition) is 0. The van der Waals surface area contributed by atoms with Crippen LogP contribution in [-0.2, 0) is 16.1 Å². The van der Waals surface area contributed by atoms with Gasteiger partial charge in [-0.3, -0.25) is 0 Å². The summed E-state index contributed by atoms with van der Waals surface area (Å²) in [6.45, 7) is 1.97. The van der Waals surface area contributed by atoms with E-state index in [1.165, 1.54) is 0 Å². The molecule has 0 atom stereocenters. The van der Waals surface area contributed by atoms with Crippen molar-refractivity contribution >= 4 is 5.97 Å². The predicted octanol–water partition coefficient (Wildman–Crippen LogP) is 2.99. The number of para-hydroxylation sites is 1. The molecule has 0 aliphatic rings. The smallest absolute Gasteiger partial charge is 0.344 e. The van der Waals surface area contributed by atoms with Crippen molar-refractivity contribution in [2.24, 2.45) is 0 Å². The zero-order valence-corrected chi connectivity index (χ0v) is 11.7. The van der Waals surface area contributed by atoms with Gasteiger partial charge in [0.1, 0.15) is 18.4 Å². The van der Waals surface area contributed by atoms with E-state index in [0.29, 0.717) is 11.3 Å². The van der Waals surface area contributed by atoms with E-state index in [1.807, 2.05) is 37.3 Å². The Labute approximate surface area is 123 Å². The van der Waals surface area contributed by atoms with Gasteiger partial charge in [0.25, 0.3) is 0 Å². The molecule has 0 saturated carbocycles. The molecule has 0 spiro atoms. The third-order valence-electron chi connectivity index (χ3n) is 2.84. The van der Waals surface area contributed by atoms with Crippen LogP contribution in [0.1, 0.15) is 16.7 Å². The largest absolute Gasteiger partial charge is 0.481 e. The molecule has 0 radical (unpaired) electrons. The fourth-order valence-electron chi connectivity index (χ4n) is 1.83. The van der Waals surface area contributed by atoms with Gasteiger partial charge in [0.2, 0.25) is 0 Å². The minimum Gasteiger partial charge on any atom is -0.481 e. The molecule has 2 aromatic carbocycles. The molecule has 0 heterocycles. The standard InChI is InChI=1S/C17H15NO3/c1-13-5-4-6-14(9-13)11-21-17(19)12-20-16-8-3-2-7-15(16)10-18/h2-9H,11-12H2,1H3. The minimum absolute atomic E-state index is 0.212. The summed E-state index contributed by atoms with van der Waals surface area (Å²) in [5.41, 5.74) is 2.44. The van der Waals surface area contributed by atoms with Crippen molar-refractivity contribution in [2.45, 2.75) is 13.5 Å². The summed E-state index contributed by atoms with van der Waals surface area (Å²) in [5.74, 6) is -0.0863. The van der Waals surface area contributed by atoms with E-state index in [2.05, 4.69) is 0 Å². The van der Waals surface area contributed by atoms with Gasteiger partial charge < -0.3 is 9.47 Å². The molecule has 0 bridgehead atoms. The SMILES string of the molecule is Cc1cccc(COC(=O)COc2ccccc2C#N)c1. The summed E-state index contributed by atoms with van der Waals surface area (Å²) >= 11 is 0. The molecule has 2 aromatic rings. The molecule has 0 amide bonds. The van der Waals surface area contributed by atoms with E-state index >= 15 is 0 Å². The maximum absolute atomic E-state index is 11.6. The highest BCUT2D eigenvalue weighted by Gasteiger charge is 2.07. The van der Waals surface area contributed by atoms with Crippen LogP contribution in [0.3, 0.4) is 0 Å². The number of nitrogens with zero attached hydrogens (tertiary/aromatic N) is 1. The third-order valence-corrected chi connectivity index (χ3v) is 2.84. The molecule has 0 aliphatic heterocycles. The van der Waals surface area contributed by atoms with Gasteiger partial charge in [0.15, 0.2) is 6.61 Å². The first kappa shape index (κ1) is 14.6. The Morgan fingerprint density at radius 2 is 2.00 bits per heavy atom. The molecular weight excluding hydrogens is 266 g/mol. The fraction of sp³-hybridized carbons (Fsp3) is 0.176. The monoisotopic (exact) mass is 281 g/mol. The van der Waals surface area contributed by atoms with Crippen molar-refractivity contribution in [2.75, 3.05) is 6.61 Å². The van der Waals surface area contributed by atoms with Crippen LogP contribution in [0.15, 0.2) is 48.5 Å².